The monoisotopic (exact) mass is 750 g/mol. The molecule has 0 fully saturated rings. The van der Waals surface area contributed by atoms with Gasteiger partial charge in [-0.1, -0.05) is 146 Å². The second kappa shape index (κ2) is 12.3. The Morgan fingerprint density at radius 2 is 0.644 bits per heavy atom. The molecule has 0 unspecified atom stereocenters. The number of hydrogen-bond donors (Lipinski definition) is 0. The van der Waals surface area contributed by atoms with Gasteiger partial charge in [0.25, 0.3) is 0 Å². The summed E-state index contributed by atoms with van der Waals surface area (Å²) >= 11 is 0. The van der Waals surface area contributed by atoms with Crippen molar-refractivity contribution >= 4 is 87.1 Å². The van der Waals surface area contributed by atoms with Crippen molar-refractivity contribution in [2.75, 3.05) is 0 Å². The Bertz CT molecular complexity index is 3580. The lowest BCUT2D eigenvalue weighted by Crippen LogP contribution is -1.96. The average molecular weight is 751 g/mol. The Labute approximate surface area is 339 Å². The van der Waals surface area contributed by atoms with Gasteiger partial charge >= 0.3 is 0 Å². The maximum atomic E-state index is 7.05. The summed E-state index contributed by atoms with van der Waals surface area (Å²) in [6.45, 7) is 0. The first-order chi connectivity index (χ1) is 29.3. The van der Waals surface area contributed by atoms with Crippen molar-refractivity contribution in [2.45, 2.75) is 0 Å². The zero-order chi connectivity index (χ0) is 38.6. The smallest absolute Gasteiger partial charge is 0.136 e. The van der Waals surface area contributed by atoms with E-state index in [0.29, 0.717) is 0 Å². The largest absolute Gasteiger partial charge is 0.456 e. The molecule has 3 heteroatoms. The highest BCUT2D eigenvalue weighted by Crippen LogP contribution is 2.44. The maximum Gasteiger partial charge on any atom is 0.136 e. The van der Waals surface area contributed by atoms with Crippen LogP contribution in [-0.2, 0) is 0 Å². The highest BCUT2D eigenvalue weighted by Gasteiger charge is 2.21. The summed E-state index contributed by atoms with van der Waals surface area (Å²) in [6, 6.07) is 74.9. The molecule has 0 saturated heterocycles. The number of para-hydroxylation sites is 2. The lowest BCUT2D eigenvalue weighted by Gasteiger charge is -2.13. The minimum absolute atomic E-state index is 0.863. The molecule has 0 radical (unpaired) electrons. The zero-order valence-corrected chi connectivity index (χ0v) is 31.9. The van der Waals surface area contributed by atoms with E-state index in [-0.39, 0.29) is 0 Å². The van der Waals surface area contributed by atoms with Crippen LogP contribution in [0.1, 0.15) is 0 Å². The quantitative estimate of drug-likeness (QED) is 0.176. The standard InChI is InChI=1S/C56H34N2O/c1-3-13-35(14-4-1)37-25-27-51-45(33-37)39-17-7-9-23-47(39)57(51)49-29-31-53-55-41(19-11-21-43(49)55)42-20-12-22-44-50(30-32-54(59-53)56(42)44)58-48-24-10-8-18-40(48)46-34-38(26-28-52(46)58)36-15-5-2-6-16-36/h1-34H. The van der Waals surface area contributed by atoms with Crippen LogP contribution < -0.4 is 0 Å². The summed E-state index contributed by atoms with van der Waals surface area (Å²) in [7, 11) is 0. The van der Waals surface area contributed by atoms with Gasteiger partial charge in [-0.15, -0.1) is 0 Å². The summed E-state index contributed by atoms with van der Waals surface area (Å²) in [6.07, 6.45) is 0. The van der Waals surface area contributed by atoms with Crippen molar-refractivity contribution in [2.24, 2.45) is 0 Å². The third-order valence-corrected chi connectivity index (χ3v) is 12.5. The molecule has 13 rings (SSSR count). The van der Waals surface area contributed by atoms with Gasteiger partial charge in [-0.05, 0) is 93.7 Å². The Kier molecular flexibility index (Phi) is 6.72. The molecule has 0 atom stereocenters. The number of aromatic nitrogens is 2. The molecule has 3 nitrogen and oxygen atoms in total. The van der Waals surface area contributed by atoms with Gasteiger partial charge in [-0.25, -0.2) is 0 Å². The van der Waals surface area contributed by atoms with Gasteiger partial charge in [0.2, 0.25) is 0 Å². The van der Waals surface area contributed by atoms with E-state index in [0.717, 1.165) is 44.1 Å². The molecule has 3 heterocycles. The highest BCUT2D eigenvalue weighted by atomic mass is 16.3. The van der Waals surface area contributed by atoms with Crippen LogP contribution in [0.3, 0.4) is 0 Å². The molecule has 0 N–H and O–H groups in total. The van der Waals surface area contributed by atoms with Gasteiger partial charge in [-0.3, -0.25) is 0 Å². The number of nitrogens with zero attached hydrogens (tertiary/aromatic N) is 2. The minimum Gasteiger partial charge on any atom is -0.456 e. The first kappa shape index (κ1) is 32.2. The average Bonchev–Trinajstić information content (AvgIpc) is 3.76. The second-order valence-corrected chi connectivity index (χ2v) is 15.6. The molecule has 0 saturated carbocycles. The molecule has 0 spiro atoms. The number of hydrogen-bond acceptors (Lipinski definition) is 1. The van der Waals surface area contributed by atoms with Crippen molar-refractivity contribution < 1.29 is 4.42 Å². The first-order valence-electron chi connectivity index (χ1n) is 20.3. The van der Waals surface area contributed by atoms with E-state index < -0.39 is 0 Å². The third kappa shape index (κ3) is 4.64. The Morgan fingerprint density at radius 1 is 0.254 bits per heavy atom. The van der Waals surface area contributed by atoms with Crippen LogP contribution in [0.15, 0.2) is 211 Å². The Balaban J connectivity index is 1.07. The molecule has 0 aliphatic carbocycles. The van der Waals surface area contributed by atoms with Crippen molar-refractivity contribution in [1.82, 2.24) is 9.13 Å². The van der Waals surface area contributed by atoms with Crippen LogP contribution in [0, 0.1) is 0 Å². The van der Waals surface area contributed by atoms with Gasteiger partial charge in [-0.2, -0.15) is 0 Å². The molecule has 10 aromatic carbocycles. The van der Waals surface area contributed by atoms with Crippen LogP contribution in [0.4, 0.5) is 0 Å². The zero-order valence-electron chi connectivity index (χ0n) is 31.9. The van der Waals surface area contributed by atoms with E-state index in [1.165, 1.54) is 76.6 Å². The summed E-state index contributed by atoms with van der Waals surface area (Å²) in [4.78, 5) is 0. The van der Waals surface area contributed by atoms with Gasteiger partial charge < -0.3 is 13.6 Å². The molecule has 0 amide bonds. The fraction of sp³-hybridized carbons (Fsp3) is 0. The summed E-state index contributed by atoms with van der Waals surface area (Å²) in [5.74, 6) is 0. The molecule has 0 bridgehead atoms. The van der Waals surface area contributed by atoms with Crippen molar-refractivity contribution in [3.05, 3.63) is 206 Å². The fourth-order valence-corrected chi connectivity index (χ4v) is 9.93. The lowest BCUT2D eigenvalue weighted by molar-refractivity contribution is 0.664. The van der Waals surface area contributed by atoms with E-state index in [1.807, 2.05) is 0 Å². The molecule has 13 aromatic rings. The normalized spacial score (nSPS) is 12.1. The Hall–Kier alpha value is -7.88. The minimum atomic E-state index is 0.863. The molecule has 0 aliphatic heterocycles. The van der Waals surface area contributed by atoms with Crippen molar-refractivity contribution in [3.8, 4) is 33.6 Å². The third-order valence-electron chi connectivity index (χ3n) is 12.5. The summed E-state index contributed by atoms with van der Waals surface area (Å²) in [5, 5.41) is 11.8. The SMILES string of the molecule is c1ccc(-c2ccc3c(c2)c2ccccc2n3-c2ccc3oc4ccc(-n5c6ccccc6c6cc(-c7ccccc7)ccc65)c5cccc(c6cccc2c36)c45)cc1. The van der Waals surface area contributed by atoms with Gasteiger partial charge in [0.05, 0.1) is 33.4 Å². The predicted molar refractivity (Wildman–Crippen MR) is 248 cm³/mol. The number of fused-ring (bicyclic) bond motifs is 7. The topological polar surface area (TPSA) is 23.0 Å². The van der Waals surface area contributed by atoms with Gasteiger partial charge in [0, 0.05) is 43.1 Å². The van der Waals surface area contributed by atoms with Crippen LogP contribution in [-0.4, -0.2) is 9.13 Å². The molecule has 59 heavy (non-hydrogen) atoms. The Morgan fingerprint density at radius 3 is 1.12 bits per heavy atom. The van der Waals surface area contributed by atoms with E-state index in [1.54, 1.807) is 0 Å². The summed E-state index contributed by atoms with van der Waals surface area (Å²) < 4.78 is 11.9. The van der Waals surface area contributed by atoms with E-state index >= 15 is 0 Å². The molecular formula is C56H34N2O. The van der Waals surface area contributed by atoms with Crippen LogP contribution in [0.25, 0.3) is 121 Å². The second-order valence-electron chi connectivity index (χ2n) is 15.6. The molecule has 3 aromatic heterocycles. The summed E-state index contributed by atoms with van der Waals surface area (Å²) in [5.41, 5.74) is 13.6. The maximum absolute atomic E-state index is 7.05. The van der Waals surface area contributed by atoms with E-state index in [9.17, 15) is 0 Å². The predicted octanol–water partition coefficient (Wildman–Crippen LogP) is 15.4. The van der Waals surface area contributed by atoms with Gasteiger partial charge in [0.1, 0.15) is 11.2 Å². The van der Waals surface area contributed by atoms with Crippen molar-refractivity contribution in [1.29, 1.82) is 0 Å². The number of benzene rings is 10. The fourth-order valence-electron chi connectivity index (χ4n) is 9.93. The van der Waals surface area contributed by atoms with Crippen molar-refractivity contribution in [3.63, 3.8) is 0 Å². The lowest BCUT2D eigenvalue weighted by atomic mass is 9.98. The van der Waals surface area contributed by atoms with Crippen LogP contribution in [0.5, 0.6) is 0 Å². The van der Waals surface area contributed by atoms with E-state index in [4.69, 9.17) is 4.42 Å². The molecular weight excluding hydrogens is 717 g/mol. The van der Waals surface area contributed by atoms with Gasteiger partial charge in [0.15, 0.2) is 0 Å². The molecule has 274 valence electrons. The molecule has 0 aliphatic rings. The number of rotatable bonds is 4. The van der Waals surface area contributed by atoms with E-state index in [2.05, 4.69) is 215 Å². The highest BCUT2D eigenvalue weighted by molar-refractivity contribution is 6.26. The van der Waals surface area contributed by atoms with Crippen LogP contribution in [0.2, 0.25) is 0 Å². The first-order valence-corrected chi connectivity index (χ1v) is 20.3. The van der Waals surface area contributed by atoms with Crippen LogP contribution >= 0.6 is 0 Å².